The van der Waals surface area contributed by atoms with Crippen LogP contribution in [0.3, 0.4) is 0 Å². The fourth-order valence-corrected chi connectivity index (χ4v) is 2.75. The van der Waals surface area contributed by atoms with Crippen LogP contribution in [0.2, 0.25) is 0 Å². The van der Waals surface area contributed by atoms with Gasteiger partial charge in [-0.2, -0.15) is 5.10 Å². The number of carbonyl (C=O) groups excluding carboxylic acids is 1. The van der Waals surface area contributed by atoms with Gasteiger partial charge in [-0.05, 0) is 24.6 Å². The summed E-state index contributed by atoms with van der Waals surface area (Å²) in [4.78, 5) is 16.9. The van der Waals surface area contributed by atoms with Crippen LogP contribution < -0.4 is 5.32 Å². The summed E-state index contributed by atoms with van der Waals surface area (Å²) in [6.45, 7) is 2.46. The highest BCUT2D eigenvalue weighted by Crippen LogP contribution is 2.20. The molecule has 1 N–H and O–H groups in total. The van der Waals surface area contributed by atoms with Crippen molar-refractivity contribution in [1.82, 2.24) is 20.1 Å². The molecule has 4 aromatic rings. The monoisotopic (exact) mass is 346 g/mol. The van der Waals surface area contributed by atoms with Crippen molar-refractivity contribution in [2.45, 2.75) is 19.5 Å². The molecule has 0 saturated carbocycles. The number of fused-ring (bicyclic) bond motifs is 1. The Morgan fingerprint density at radius 2 is 1.92 bits per heavy atom. The van der Waals surface area contributed by atoms with E-state index in [4.69, 9.17) is 4.42 Å². The molecule has 0 spiro atoms. The third-order valence-electron chi connectivity index (χ3n) is 4.11. The Morgan fingerprint density at radius 3 is 2.73 bits per heavy atom. The SMILES string of the molecule is CC(NC(=O)c1cnn(Cc2ccccc2)c1)c1nc2ccccc2o1. The minimum atomic E-state index is -0.340. The summed E-state index contributed by atoms with van der Waals surface area (Å²) in [6.07, 6.45) is 3.30. The van der Waals surface area contributed by atoms with Crippen molar-refractivity contribution in [2.24, 2.45) is 0 Å². The van der Waals surface area contributed by atoms with Crippen LogP contribution in [0.4, 0.5) is 0 Å². The predicted molar refractivity (Wildman–Crippen MR) is 97.7 cm³/mol. The number of hydrogen-bond acceptors (Lipinski definition) is 4. The molecule has 1 amide bonds. The van der Waals surface area contributed by atoms with Crippen LogP contribution in [-0.4, -0.2) is 20.7 Å². The summed E-state index contributed by atoms with van der Waals surface area (Å²) in [5, 5.41) is 7.17. The van der Waals surface area contributed by atoms with E-state index in [1.807, 2.05) is 61.5 Å². The van der Waals surface area contributed by atoms with E-state index in [0.29, 0.717) is 23.6 Å². The number of para-hydroxylation sites is 2. The molecule has 26 heavy (non-hydrogen) atoms. The highest BCUT2D eigenvalue weighted by molar-refractivity contribution is 5.93. The molecule has 0 saturated heterocycles. The fourth-order valence-electron chi connectivity index (χ4n) is 2.75. The molecule has 0 aliphatic carbocycles. The number of aromatic nitrogens is 3. The van der Waals surface area contributed by atoms with Crippen molar-refractivity contribution in [1.29, 1.82) is 0 Å². The lowest BCUT2D eigenvalue weighted by atomic mass is 10.2. The first-order valence-electron chi connectivity index (χ1n) is 8.42. The van der Waals surface area contributed by atoms with Gasteiger partial charge in [0.1, 0.15) is 11.6 Å². The molecule has 0 aliphatic heterocycles. The first-order valence-corrected chi connectivity index (χ1v) is 8.42. The zero-order valence-electron chi connectivity index (χ0n) is 14.3. The second-order valence-electron chi connectivity index (χ2n) is 6.13. The fraction of sp³-hybridized carbons (Fsp3) is 0.150. The van der Waals surface area contributed by atoms with E-state index in [9.17, 15) is 4.79 Å². The van der Waals surface area contributed by atoms with Gasteiger partial charge in [-0.15, -0.1) is 0 Å². The van der Waals surface area contributed by atoms with Crippen LogP contribution in [0, 0.1) is 0 Å². The van der Waals surface area contributed by atoms with Crippen molar-refractivity contribution in [3.8, 4) is 0 Å². The second kappa shape index (κ2) is 6.84. The number of nitrogens with zero attached hydrogens (tertiary/aromatic N) is 3. The molecular weight excluding hydrogens is 328 g/mol. The lowest BCUT2D eigenvalue weighted by Gasteiger charge is -2.08. The maximum Gasteiger partial charge on any atom is 0.255 e. The van der Waals surface area contributed by atoms with Crippen LogP contribution in [0.1, 0.15) is 34.8 Å². The molecule has 4 rings (SSSR count). The van der Waals surface area contributed by atoms with E-state index >= 15 is 0 Å². The number of hydrogen-bond donors (Lipinski definition) is 1. The zero-order chi connectivity index (χ0) is 17.9. The standard InChI is InChI=1S/C20H18N4O2/c1-14(20-23-17-9-5-6-10-18(17)26-20)22-19(25)16-11-21-24(13-16)12-15-7-3-2-4-8-15/h2-11,13-14H,12H2,1H3,(H,22,25). The first kappa shape index (κ1) is 16.1. The molecule has 0 radical (unpaired) electrons. The van der Waals surface area contributed by atoms with Gasteiger partial charge in [-0.3, -0.25) is 9.48 Å². The Kier molecular flexibility index (Phi) is 4.23. The van der Waals surface area contributed by atoms with E-state index < -0.39 is 0 Å². The maximum atomic E-state index is 12.5. The lowest BCUT2D eigenvalue weighted by molar-refractivity contribution is 0.0934. The average Bonchev–Trinajstić information content (AvgIpc) is 3.29. The molecule has 1 atom stereocenters. The minimum absolute atomic E-state index is 0.209. The Bertz CT molecular complexity index is 1000. The maximum absolute atomic E-state index is 12.5. The summed E-state index contributed by atoms with van der Waals surface area (Å²) >= 11 is 0. The number of nitrogens with one attached hydrogen (secondary N) is 1. The minimum Gasteiger partial charge on any atom is -0.438 e. The molecule has 1 unspecified atom stereocenters. The van der Waals surface area contributed by atoms with E-state index in [2.05, 4.69) is 15.4 Å². The van der Waals surface area contributed by atoms with Crippen molar-refractivity contribution in [3.63, 3.8) is 0 Å². The Balaban J connectivity index is 1.44. The number of carbonyl (C=O) groups is 1. The van der Waals surface area contributed by atoms with Crippen LogP contribution in [0.15, 0.2) is 71.4 Å². The smallest absolute Gasteiger partial charge is 0.255 e. The average molecular weight is 346 g/mol. The largest absolute Gasteiger partial charge is 0.438 e. The summed E-state index contributed by atoms with van der Waals surface area (Å²) in [5.74, 6) is 0.273. The Hall–Kier alpha value is -3.41. The van der Waals surface area contributed by atoms with Crippen LogP contribution in [0.25, 0.3) is 11.1 Å². The summed E-state index contributed by atoms with van der Waals surface area (Å²) < 4.78 is 7.45. The molecular formula is C20H18N4O2. The van der Waals surface area contributed by atoms with E-state index in [1.54, 1.807) is 17.1 Å². The number of benzene rings is 2. The molecule has 2 aromatic heterocycles. The molecule has 0 fully saturated rings. The van der Waals surface area contributed by atoms with Crippen LogP contribution >= 0.6 is 0 Å². The van der Waals surface area contributed by atoms with Gasteiger partial charge >= 0.3 is 0 Å². The van der Waals surface area contributed by atoms with Crippen molar-refractivity contribution < 1.29 is 9.21 Å². The van der Waals surface area contributed by atoms with Gasteiger partial charge in [0, 0.05) is 6.20 Å². The molecule has 0 bridgehead atoms. The van der Waals surface area contributed by atoms with Gasteiger partial charge in [0.2, 0.25) is 5.89 Å². The van der Waals surface area contributed by atoms with Gasteiger partial charge in [-0.25, -0.2) is 4.98 Å². The van der Waals surface area contributed by atoms with Crippen LogP contribution in [-0.2, 0) is 6.54 Å². The molecule has 2 aromatic carbocycles. The summed E-state index contributed by atoms with van der Waals surface area (Å²) in [5.41, 5.74) is 3.12. The highest BCUT2D eigenvalue weighted by atomic mass is 16.3. The van der Waals surface area contributed by atoms with Gasteiger partial charge in [0.05, 0.1) is 18.3 Å². The Morgan fingerprint density at radius 1 is 1.15 bits per heavy atom. The first-order chi connectivity index (χ1) is 12.7. The number of rotatable bonds is 5. The number of oxazole rings is 1. The summed E-state index contributed by atoms with van der Waals surface area (Å²) in [7, 11) is 0. The normalized spacial score (nSPS) is 12.2. The van der Waals surface area contributed by atoms with Gasteiger partial charge in [0.25, 0.3) is 5.91 Å². The molecule has 0 aliphatic rings. The van der Waals surface area contributed by atoms with E-state index in [-0.39, 0.29) is 11.9 Å². The third-order valence-corrected chi connectivity index (χ3v) is 4.11. The topological polar surface area (TPSA) is 73.0 Å². The van der Waals surface area contributed by atoms with Crippen molar-refractivity contribution >= 4 is 17.0 Å². The van der Waals surface area contributed by atoms with Gasteiger partial charge in [-0.1, -0.05) is 42.5 Å². The second-order valence-corrected chi connectivity index (χ2v) is 6.13. The molecule has 130 valence electrons. The molecule has 2 heterocycles. The van der Waals surface area contributed by atoms with Crippen molar-refractivity contribution in [2.75, 3.05) is 0 Å². The molecule has 6 heteroatoms. The Labute approximate surface area is 150 Å². The van der Waals surface area contributed by atoms with E-state index in [0.717, 1.165) is 11.1 Å². The van der Waals surface area contributed by atoms with Crippen molar-refractivity contribution in [3.05, 3.63) is 84.0 Å². The van der Waals surface area contributed by atoms with E-state index in [1.165, 1.54) is 0 Å². The summed E-state index contributed by atoms with van der Waals surface area (Å²) in [6, 6.07) is 17.2. The van der Waals surface area contributed by atoms with Crippen LogP contribution in [0.5, 0.6) is 0 Å². The molecule has 6 nitrogen and oxygen atoms in total. The lowest BCUT2D eigenvalue weighted by Crippen LogP contribution is -2.26. The van der Waals surface area contributed by atoms with Gasteiger partial charge < -0.3 is 9.73 Å². The third kappa shape index (κ3) is 3.35. The van der Waals surface area contributed by atoms with Gasteiger partial charge in [0.15, 0.2) is 5.58 Å². The number of amides is 1. The predicted octanol–water partition coefficient (Wildman–Crippen LogP) is 3.56. The highest BCUT2D eigenvalue weighted by Gasteiger charge is 2.17. The quantitative estimate of drug-likeness (QED) is 0.600. The zero-order valence-corrected chi connectivity index (χ0v) is 14.3.